The maximum atomic E-state index is 11.4. The molecule has 1 rings (SSSR count). The summed E-state index contributed by atoms with van der Waals surface area (Å²) in [4.78, 5) is 11.2. The lowest BCUT2D eigenvalue weighted by Gasteiger charge is -2.25. The van der Waals surface area contributed by atoms with Crippen LogP contribution in [0.4, 0.5) is 0 Å². The summed E-state index contributed by atoms with van der Waals surface area (Å²) in [7, 11) is 0. The van der Waals surface area contributed by atoms with Gasteiger partial charge in [-0.05, 0) is 12.5 Å². The molecule has 0 saturated heterocycles. The van der Waals surface area contributed by atoms with Crippen molar-refractivity contribution >= 4 is 91.5 Å². The Hall–Kier alpha value is 1.35. The molecular formula is C12H13BrCl6O4. The maximum Gasteiger partial charge on any atom is 0.334 e. The fourth-order valence-electron chi connectivity index (χ4n) is 1.69. The van der Waals surface area contributed by atoms with E-state index in [0.29, 0.717) is 12.0 Å². The Bertz CT molecular complexity index is 441. The van der Waals surface area contributed by atoms with E-state index in [-0.39, 0.29) is 30.6 Å². The van der Waals surface area contributed by atoms with Gasteiger partial charge in [-0.3, -0.25) is 0 Å². The third-order valence-electron chi connectivity index (χ3n) is 2.79. The van der Waals surface area contributed by atoms with E-state index in [1.165, 1.54) is 0 Å². The van der Waals surface area contributed by atoms with Crippen LogP contribution in [-0.4, -0.2) is 44.5 Å². The van der Waals surface area contributed by atoms with Gasteiger partial charge in [-0.2, -0.15) is 0 Å². The number of esters is 1. The number of cyclic esters (lactones) is 1. The van der Waals surface area contributed by atoms with Gasteiger partial charge in [0, 0.05) is 16.8 Å². The summed E-state index contributed by atoms with van der Waals surface area (Å²) in [5.41, 5.74) is 1.32. The molecule has 0 aromatic heterocycles. The first-order valence-corrected chi connectivity index (χ1v) is 9.45. The van der Waals surface area contributed by atoms with Gasteiger partial charge < -0.3 is 14.2 Å². The van der Waals surface area contributed by atoms with Crippen molar-refractivity contribution in [2.24, 2.45) is 0 Å². The Morgan fingerprint density at radius 3 is 1.96 bits per heavy atom. The van der Waals surface area contributed by atoms with Crippen LogP contribution >= 0.6 is 85.5 Å². The van der Waals surface area contributed by atoms with Crippen LogP contribution in [0.3, 0.4) is 0 Å². The first-order chi connectivity index (χ1) is 10.4. The highest BCUT2D eigenvalue weighted by Gasteiger charge is 2.31. The predicted molar refractivity (Wildman–Crippen MR) is 97.3 cm³/mol. The minimum atomic E-state index is -1.61. The van der Waals surface area contributed by atoms with Gasteiger partial charge in [0.2, 0.25) is 7.59 Å². The van der Waals surface area contributed by atoms with Crippen molar-refractivity contribution in [1.29, 1.82) is 0 Å². The van der Waals surface area contributed by atoms with Gasteiger partial charge in [0.05, 0.1) is 13.2 Å². The molecule has 0 spiro atoms. The lowest BCUT2D eigenvalue weighted by Crippen LogP contribution is -2.30. The third kappa shape index (κ3) is 9.02. The molecule has 23 heavy (non-hydrogen) atoms. The van der Waals surface area contributed by atoms with Crippen LogP contribution in [0.5, 0.6) is 0 Å². The molecule has 1 atom stereocenters. The maximum absolute atomic E-state index is 11.4. The molecule has 4 nitrogen and oxygen atoms in total. The van der Waals surface area contributed by atoms with Crippen LogP contribution in [0.2, 0.25) is 0 Å². The van der Waals surface area contributed by atoms with Crippen molar-refractivity contribution in [2.45, 2.75) is 32.0 Å². The third-order valence-corrected chi connectivity index (χ3v) is 4.37. The van der Waals surface area contributed by atoms with Gasteiger partial charge in [0.25, 0.3) is 0 Å². The molecule has 1 aliphatic rings. The number of carbonyl (C=O) groups excluding carboxylic acids is 1. The van der Waals surface area contributed by atoms with E-state index in [4.69, 9.17) is 83.8 Å². The van der Waals surface area contributed by atoms with Gasteiger partial charge >= 0.3 is 5.97 Å². The standard InChI is InChI=1S/C12H13BrCl6O4/c1-6-7(3-21-10(6)20)8(13)2-9(22-4-11(14,15)16)23-5-12(17,18)19/h8-9H,2-5H2,1H3. The molecule has 1 unspecified atom stereocenters. The van der Waals surface area contributed by atoms with E-state index in [0.717, 1.165) is 5.57 Å². The van der Waals surface area contributed by atoms with Crippen molar-refractivity contribution in [3.8, 4) is 0 Å². The molecule has 0 aliphatic carbocycles. The zero-order chi connectivity index (χ0) is 17.8. The summed E-state index contributed by atoms with van der Waals surface area (Å²) in [5.74, 6) is -0.356. The Labute approximate surface area is 172 Å². The molecule has 1 aliphatic heterocycles. The molecule has 1 heterocycles. The van der Waals surface area contributed by atoms with E-state index >= 15 is 0 Å². The minimum Gasteiger partial charge on any atom is -0.458 e. The lowest BCUT2D eigenvalue weighted by atomic mass is 10.1. The molecule has 0 N–H and O–H groups in total. The van der Waals surface area contributed by atoms with Crippen molar-refractivity contribution in [1.82, 2.24) is 0 Å². The molecule has 0 aromatic carbocycles. The zero-order valence-electron chi connectivity index (χ0n) is 11.8. The topological polar surface area (TPSA) is 44.8 Å². The number of hydrogen-bond donors (Lipinski definition) is 0. The Morgan fingerprint density at radius 1 is 1.13 bits per heavy atom. The molecule has 11 heteroatoms. The Morgan fingerprint density at radius 2 is 1.61 bits per heavy atom. The van der Waals surface area contributed by atoms with Crippen LogP contribution in [0.25, 0.3) is 0 Å². The molecule has 0 amide bonds. The average molecular weight is 514 g/mol. The fourth-order valence-corrected chi connectivity index (χ4v) is 2.85. The zero-order valence-corrected chi connectivity index (χ0v) is 17.9. The summed E-state index contributed by atoms with van der Waals surface area (Å²) in [6.45, 7) is 1.45. The highest BCUT2D eigenvalue weighted by atomic mass is 79.9. The summed E-state index contributed by atoms with van der Waals surface area (Å²) >= 11 is 37.4. The largest absolute Gasteiger partial charge is 0.458 e. The second-order valence-corrected chi connectivity index (χ2v) is 10.8. The second kappa shape index (κ2) is 9.33. The summed E-state index contributed by atoms with van der Waals surface area (Å²) in [5, 5.41) is 0. The van der Waals surface area contributed by atoms with Crippen LogP contribution in [-0.2, 0) is 19.0 Å². The number of hydrogen-bond acceptors (Lipinski definition) is 4. The molecule has 0 radical (unpaired) electrons. The molecule has 134 valence electrons. The highest BCUT2D eigenvalue weighted by molar-refractivity contribution is 9.09. The number of halogens is 7. The van der Waals surface area contributed by atoms with Crippen LogP contribution in [0, 0.1) is 0 Å². The summed E-state index contributed by atoms with van der Waals surface area (Å²) < 4.78 is 12.6. The van der Waals surface area contributed by atoms with Gasteiger partial charge in [-0.1, -0.05) is 85.5 Å². The smallest absolute Gasteiger partial charge is 0.334 e. The van der Waals surface area contributed by atoms with E-state index in [1.54, 1.807) is 6.92 Å². The second-order valence-electron chi connectivity index (χ2n) is 4.71. The predicted octanol–water partition coefficient (Wildman–Crippen LogP) is 5.11. The molecule has 0 aromatic rings. The first-order valence-electron chi connectivity index (χ1n) is 6.26. The van der Waals surface area contributed by atoms with Gasteiger partial charge in [0.1, 0.15) is 6.61 Å². The van der Waals surface area contributed by atoms with E-state index in [9.17, 15) is 4.79 Å². The van der Waals surface area contributed by atoms with Gasteiger partial charge in [-0.15, -0.1) is 0 Å². The minimum absolute atomic E-state index is 0.197. The molecule has 0 bridgehead atoms. The van der Waals surface area contributed by atoms with Crippen molar-refractivity contribution < 1.29 is 19.0 Å². The Kier molecular flexibility index (Phi) is 9.09. The summed E-state index contributed by atoms with van der Waals surface area (Å²) in [6.07, 6.45) is -0.522. The number of alkyl halides is 7. The highest BCUT2D eigenvalue weighted by Crippen LogP contribution is 2.32. The van der Waals surface area contributed by atoms with Crippen molar-refractivity contribution in [3.63, 3.8) is 0 Å². The fraction of sp³-hybridized carbons (Fsp3) is 0.750. The molecule has 0 saturated carbocycles. The van der Waals surface area contributed by atoms with Crippen molar-refractivity contribution in [2.75, 3.05) is 19.8 Å². The monoisotopic (exact) mass is 510 g/mol. The lowest BCUT2D eigenvalue weighted by molar-refractivity contribution is -0.142. The van der Waals surface area contributed by atoms with E-state index in [1.807, 2.05) is 0 Å². The SMILES string of the molecule is CC1=C(C(Br)CC(OCC(Cl)(Cl)Cl)OCC(Cl)(Cl)Cl)COC1=O. The average Bonchev–Trinajstić information content (AvgIpc) is 2.71. The number of rotatable bonds is 7. The normalized spacial score (nSPS) is 17.9. The van der Waals surface area contributed by atoms with Crippen LogP contribution < -0.4 is 0 Å². The van der Waals surface area contributed by atoms with Gasteiger partial charge in [-0.25, -0.2) is 4.79 Å². The van der Waals surface area contributed by atoms with E-state index in [2.05, 4.69) is 15.9 Å². The molecular weight excluding hydrogens is 501 g/mol. The quantitative estimate of drug-likeness (QED) is 0.269. The molecule has 0 fully saturated rings. The van der Waals surface area contributed by atoms with E-state index < -0.39 is 13.9 Å². The van der Waals surface area contributed by atoms with Crippen LogP contribution in [0.15, 0.2) is 11.1 Å². The van der Waals surface area contributed by atoms with Crippen molar-refractivity contribution in [3.05, 3.63) is 11.1 Å². The number of carbonyl (C=O) groups is 1. The number of ether oxygens (including phenoxy) is 3. The van der Waals surface area contributed by atoms with Gasteiger partial charge in [0.15, 0.2) is 6.29 Å². The Balaban J connectivity index is 2.69. The summed E-state index contributed by atoms with van der Waals surface area (Å²) in [6, 6.07) is 0. The van der Waals surface area contributed by atoms with Crippen LogP contribution in [0.1, 0.15) is 13.3 Å². The first kappa shape index (κ1) is 22.4.